The van der Waals surface area contributed by atoms with Gasteiger partial charge in [-0.3, -0.25) is 4.79 Å². The zero-order valence-corrected chi connectivity index (χ0v) is 12.8. The van der Waals surface area contributed by atoms with Crippen molar-refractivity contribution >= 4 is 11.9 Å². The van der Waals surface area contributed by atoms with Crippen LogP contribution in [0.4, 0.5) is 5.95 Å². The molecular weight excluding hydrogens is 270 g/mol. The van der Waals surface area contributed by atoms with Crippen molar-refractivity contribution < 1.29 is 9.53 Å². The predicted octanol–water partition coefficient (Wildman–Crippen LogP) is 0.178. The number of nitrogens with zero attached hydrogens (tertiary/aromatic N) is 3. The van der Waals surface area contributed by atoms with Crippen molar-refractivity contribution in [1.29, 1.82) is 0 Å². The SMILES string of the molecule is CCNC(=O)C1CNCCN1c1nccc(OC(C)C)n1. The van der Waals surface area contributed by atoms with Gasteiger partial charge in [0, 0.05) is 38.4 Å². The van der Waals surface area contributed by atoms with Crippen molar-refractivity contribution in [2.45, 2.75) is 32.9 Å². The monoisotopic (exact) mass is 293 g/mol. The third-order valence-corrected chi connectivity index (χ3v) is 3.13. The van der Waals surface area contributed by atoms with Gasteiger partial charge in [-0.25, -0.2) is 4.98 Å². The number of aromatic nitrogens is 2. The largest absolute Gasteiger partial charge is 0.475 e. The first kappa shape index (κ1) is 15.5. The summed E-state index contributed by atoms with van der Waals surface area (Å²) in [5.41, 5.74) is 0. The Kier molecular flexibility index (Phi) is 5.32. The van der Waals surface area contributed by atoms with Gasteiger partial charge in [0.25, 0.3) is 0 Å². The van der Waals surface area contributed by atoms with E-state index in [0.717, 1.165) is 6.54 Å². The van der Waals surface area contributed by atoms with Crippen molar-refractivity contribution in [3.8, 4) is 5.88 Å². The molecule has 21 heavy (non-hydrogen) atoms. The molecule has 116 valence electrons. The number of carbonyl (C=O) groups is 1. The fourth-order valence-corrected chi connectivity index (χ4v) is 2.25. The summed E-state index contributed by atoms with van der Waals surface area (Å²) in [6.07, 6.45) is 1.71. The number of rotatable bonds is 5. The zero-order chi connectivity index (χ0) is 15.2. The summed E-state index contributed by atoms with van der Waals surface area (Å²) in [7, 11) is 0. The molecule has 2 N–H and O–H groups in total. The molecule has 0 aromatic carbocycles. The van der Waals surface area contributed by atoms with Gasteiger partial charge in [0.05, 0.1) is 6.10 Å². The van der Waals surface area contributed by atoms with Gasteiger partial charge in [0.1, 0.15) is 6.04 Å². The van der Waals surface area contributed by atoms with Crippen LogP contribution >= 0.6 is 0 Å². The summed E-state index contributed by atoms with van der Waals surface area (Å²) in [5.74, 6) is 1.05. The second-order valence-electron chi connectivity index (χ2n) is 5.17. The van der Waals surface area contributed by atoms with Gasteiger partial charge in [-0.15, -0.1) is 0 Å². The van der Waals surface area contributed by atoms with Crippen LogP contribution in [-0.2, 0) is 4.79 Å². The smallest absolute Gasteiger partial charge is 0.244 e. The normalized spacial score (nSPS) is 18.7. The van der Waals surface area contributed by atoms with Crippen molar-refractivity contribution in [1.82, 2.24) is 20.6 Å². The van der Waals surface area contributed by atoms with Crippen LogP contribution in [0.1, 0.15) is 20.8 Å². The molecule has 2 heterocycles. The molecule has 0 bridgehead atoms. The molecule has 1 aromatic rings. The summed E-state index contributed by atoms with van der Waals surface area (Å²) < 4.78 is 5.59. The lowest BCUT2D eigenvalue weighted by Gasteiger charge is -2.35. The lowest BCUT2D eigenvalue weighted by molar-refractivity contribution is -0.122. The third-order valence-electron chi connectivity index (χ3n) is 3.13. The Morgan fingerprint density at radius 2 is 2.43 bits per heavy atom. The highest BCUT2D eigenvalue weighted by Crippen LogP contribution is 2.17. The van der Waals surface area contributed by atoms with E-state index in [1.54, 1.807) is 12.3 Å². The Morgan fingerprint density at radius 1 is 1.62 bits per heavy atom. The van der Waals surface area contributed by atoms with Crippen LogP contribution in [0.25, 0.3) is 0 Å². The van der Waals surface area contributed by atoms with E-state index in [2.05, 4.69) is 20.6 Å². The number of hydrogen-bond donors (Lipinski definition) is 2. The number of anilines is 1. The Labute approximate surface area is 125 Å². The maximum atomic E-state index is 12.2. The van der Waals surface area contributed by atoms with Crippen molar-refractivity contribution in [2.75, 3.05) is 31.1 Å². The highest BCUT2D eigenvalue weighted by molar-refractivity contribution is 5.85. The van der Waals surface area contributed by atoms with E-state index in [9.17, 15) is 4.79 Å². The fourth-order valence-electron chi connectivity index (χ4n) is 2.25. The second kappa shape index (κ2) is 7.21. The Balaban J connectivity index is 2.18. The van der Waals surface area contributed by atoms with Gasteiger partial charge < -0.3 is 20.3 Å². The van der Waals surface area contributed by atoms with Gasteiger partial charge in [0.15, 0.2) is 0 Å². The summed E-state index contributed by atoms with van der Waals surface area (Å²) >= 11 is 0. The Hall–Kier alpha value is -1.89. The average molecular weight is 293 g/mol. The maximum absolute atomic E-state index is 12.2. The maximum Gasteiger partial charge on any atom is 0.244 e. The molecule has 7 heteroatoms. The van der Waals surface area contributed by atoms with Gasteiger partial charge in [0.2, 0.25) is 17.7 Å². The average Bonchev–Trinajstić information content (AvgIpc) is 2.47. The quantitative estimate of drug-likeness (QED) is 0.806. The minimum atomic E-state index is -0.298. The van der Waals surface area contributed by atoms with Crippen LogP contribution in [-0.4, -0.2) is 54.2 Å². The highest BCUT2D eigenvalue weighted by Gasteiger charge is 2.30. The highest BCUT2D eigenvalue weighted by atomic mass is 16.5. The first-order chi connectivity index (χ1) is 10.1. The first-order valence-electron chi connectivity index (χ1n) is 7.36. The van der Waals surface area contributed by atoms with E-state index in [4.69, 9.17) is 4.74 Å². The lowest BCUT2D eigenvalue weighted by Crippen LogP contribution is -2.58. The number of likely N-dealkylation sites (N-methyl/N-ethyl adjacent to an activating group) is 1. The molecule has 1 aliphatic rings. The number of amides is 1. The molecule has 7 nitrogen and oxygen atoms in total. The van der Waals surface area contributed by atoms with Crippen LogP contribution in [0.2, 0.25) is 0 Å². The van der Waals surface area contributed by atoms with Crippen LogP contribution in [0, 0.1) is 0 Å². The molecule has 1 atom stereocenters. The minimum absolute atomic E-state index is 0.0107. The summed E-state index contributed by atoms with van der Waals surface area (Å²) in [6, 6.07) is 1.43. The predicted molar refractivity (Wildman–Crippen MR) is 80.5 cm³/mol. The van der Waals surface area contributed by atoms with Crippen molar-refractivity contribution in [3.63, 3.8) is 0 Å². The topological polar surface area (TPSA) is 79.4 Å². The van der Waals surface area contributed by atoms with E-state index >= 15 is 0 Å². The summed E-state index contributed by atoms with van der Waals surface area (Å²) in [4.78, 5) is 22.8. The van der Waals surface area contributed by atoms with Crippen molar-refractivity contribution in [2.24, 2.45) is 0 Å². The molecule has 1 amide bonds. The van der Waals surface area contributed by atoms with Gasteiger partial charge in [-0.1, -0.05) is 0 Å². The molecule has 1 aromatic heterocycles. The molecule has 0 saturated carbocycles. The van der Waals surface area contributed by atoms with Crippen LogP contribution in [0.3, 0.4) is 0 Å². The molecule has 2 rings (SSSR count). The Bertz CT molecular complexity index is 480. The fraction of sp³-hybridized carbons (Fsp3) is 0.643. The second-order valence-corrected chi connectivity index (χ2v) is 5.17. The zero-order valence-electron chi connectivity index (χ0n) is 12.8. The van der Waals surface area contributed by atoms with Gasteiger partial charge >= 0.3 is 0 Å². The standard InChI is InChI=1S/C14H23N5O2/c1-4-16-13(20)11-9-15-7-8-19(11)14-17-6-5-12(18-14)21-10(2)3/h5-6,10-11,15H,4,7-9H2,1-3H3,(H,16,20). The lowest BCUT2D eigenvalue weighted by atomic mass is 10.2. The van der Waals surface area contributed by atoms with E-state index in [0.29, 0.717) is 31.5 Å². The van der Waals surface area contributed by atoms with Gasteiger partial charge in [-0.2, -0.15) is 4.98 Å². The molecule has 0 aliphatic carbocycles. The molecule has 1 unspecified atom stereocenters. The molecule has 0 radical (unpaired) electrons. The number of piperazine rings is 1. The number of hydrogen-bond acceptors (Lipinski definition) is 6. The van der Waals surface area contributed by atoms with E-state index < -0.39 is 0 Å². The molecular formula is C14H23N5O2. The number of nitrogens with one attached hydrogen (secondary N) is 2. The molecule has 1 fully saturated rings. The first-order valence-corrected chi connectivity index (χ1v) is 7.36. The van der Waals surface area contributed by atoms with E-state index in [1.807, 2.05) is 25.7 Å². The summed E-state index contributed by atoms with van der Waals surface area (Å²) in [6.45, 7) is 8.49. The molecule has 1 saturated heterocycles. The number of ether oxygens (including phenoxy) is 1. The van der Waals surface area contributed by atoms with Crippen LogP contribution in [0.15, 0.2) is 12.3 Å². The molecule has 1 aliphatic heterocycles. The van der Waals surface area contributed by atoms with Crippen molar-refractivity contribution in [3.05, 3.63) is 12.3 Å². The van der Waals surface area contributed by atoms with E-state index in [-0.39, 0.29) is 18.1 Å². The number of carbonyl (C=O) groups excluding carboxylic acids is 1. The van der Waals surface area contributed by atoms with Gasteiger partial charge in [-0.05, 0) is 20.8 Å². The van der Waals surface area contributed by atoms with E-state index in [1.165, 1.54) is 0 Å². The van der Waals surface area contributed by atoms with Crippen LogP contribution < -0.4 is 20.3 Å². The molecule has 0 spiro atoms. The summed E-state index contributed by atoms with van der Waals surface area (Å²) in [5, 5.41) is 6.09. The minimum Gasteiger partial charge on any atom is -0.475 e. The Morgan fingerprint density at radius 3 is 3.14 bits per heavy atom. The third kappa shape index (κ3) is 4.04. The van der Waals surface area contributed by atoms with Crippen LogP contribution in [0.5, 0.6) is 5.88 Å².